The molecule has 6 heteroatoms. The Morgan fingerprint density at radius 1 is 1.07 bits per heavy atom. The number of hydrogen-bond donors (Lipinski definition) is 2. The SMILES string of the molecule is CN=C(NCCc1ccccc1F)NCc1ccc(N2CCSCC2)cc1. The molecule has 3 rings (SSSR count). The van der Waals surface area contributed by atoms with Crippen LogP contribution in [0.25, 0.3) is 0 Å². The summed E-state index contributed by atoms with van der Waals surface area (Å²) in [4.78, 5) is 6.68. The molecular formula is C21H27FN4S. The van der Waals surface area contributed by atoms with E-state index in [0.717, 1.165) is 19.0 Å². The monoisotopic (exact) mass is 386 g/mol. The van der Waals surface area contributed by atoms with Crippen LogP contribution in [0.3, 0.4) is 0 Å². The van der Waals surface area contributed by atoms with Gasteiger partial charge in [-0.1, -0.05) is 30.3 Å². The lowest BCUT2D eigenvalue weighted by molar-refractivity contribution is 0.606. The van der Waals surface area contributed by atoms with Gasteiger partial charge in [0.1, 0.15) is 5.82 Å². The van der Waals surface area contributed by atoms with Gasteiger partial charge >= 0.3 is 0 Å². The quantitative estimate of drug-likeness (QED) is 0.590. The average Bonchev–Trinajstić information content (AvgIpc) is 2.73. The van der Waals surface area contributed by atoms with Crippen molar-refractivity contribution in [2.45, 2.75) is 13.0 Å². The molecule has 1 aliphatic heterocycles. The van der Waals surface area contributed by atoms with E-state index in [1.54, 1.807) is 13.1 Å². The van der Waals surface area contributed by atoms with Crippen LogP contribution in [-0.2, 0) is 13.0 Å². The number of halogens is 1. The largest absolute Gasteiger partial charge is 0.370 e. The normalized spacial score (nSPS) is 14.9. The molecule has 2 aromatic rings. The van der Waals surface area contributed by atoms with Gasteiger partial charge in [-0.05, 0) is 35.7 Å². The molecule has 0 radical (unpaired) electrons. The van der Waals surface area contributed by atoms with Crippen molar-refractivity contribution in [3.8, 4) is 0 Å². The summed E-state index contributed by atoms with van der Waals surface area (Å²) in [6, 6.07) is 15.6. The minimum Gasteiger partial charge on any atom is -0.370 e. The van der Waals surface area contributed by atoms with Gasteiger partial charge in [0, 0.05) is 50.4 Å². The number of nitrogens with zero attached hydrogens (tertiary/aromatic N) is 2. The van der Waals surface area contributed by atoms with Gasteiger partial charge in [0.05, 0.1) is 0 Å². The molecule has 27 heavy (non-hydrogen) atoms. The molecule has 1 fully saturated rings. The summed E-state index contributed by atoms with van der Waals surface area (Å²) in [5.41, 5.74) is 3.22. The maximum absolute atomic E-state index is 13.7. The summed E-state index contributed by atoms with van der Waals surface area (Å²) in [6.07, 6.45) is 0.621. The second-order valence-corrected chi connectivity index (χ2v) is 7.68. The van der Waals surface area contributed by atoms with Gasteiger partial charge in [0.2, 0.25) is 0 Å². The second-order valence-electron chi connectivity index (χ2n) is 6.46. The first-order valence-corrected chi connectivity index (χ1v) is 10.5. The zero-order valence-electron chi connectivity index (χ0n) is 15.7. The molecule has 0 atom stereocenters. The van der Waals surface area contributed by atoms with Crippen molar-refractivity contribution in [2.24, 2.45) is 4.99 Å². The van der Waals surface area contributed by atoms with E-state index in [-0.39, 0.29) is 5.82 Å². The molecule has 4 nitrogen and oxygen atoms in total. The molecule has 2 N–H and O–H groups in total. The smallest absolute Gasteiger partial charge is 0.191 e. The van der Waals surface area contributed by atoms with E-state index in [1.165, 1.54) is 28.8 Å². The second kappa shape index (κ2) is 10.2. The summed E-state index contributed by atoms with van der Waals surface area (Å²) in [5, 5.41) is 6.55. The molecule has 1 aliphatic rings. The average molecular weight is 387 g/mol. The minimum absolute atomic E-state index is 0.158. The molecule has 0 spiro atoms. The molecule has 0 bridgehead atoms. The van der Waals surface area contributed by atoms with E-state index in [4.69, 9.17) is 0 Å². The fourth-order valence-electron chi connectivity index (χ4n) is 3.07. The highest BCUT2D eigenvalue weighted by atomic mass is 32.2. The van der Waals surface area contributed by atoms with Gasteiger partial charge in [-0.3, -0.25) is 4.99 Å². The number of benzene rings is 2. The molecule has 1 heterocycles. The van der Waals surface area contributed by atoms with Crippen molar-refractivity contribution in [3.63, 3.8) is 0 Å². The highest BCUT2D eigenvalue weighted by Crippen LogP contribution is 2.19. The van der Waals surface area contributed by atoms with E-state index < -0.39 is 0 Å². The van der Waals surface area contributed by atoms with Crippen LogP contribution in [0, 0.1) is 5.82 Å². The molecule has 0 saturated carbocycles. The van der Waals surface area contributed by atoms with E-state index in [2.05, 4.69) is 44.8 Å². The lowest BCUT2D eigenvalue weighted by Gasteiger charge is -2.28. The van der Waals surface area contributed by atoms with Crippen molar-refractivity contribution in [1.82, 2.24) is 10.6 Å². The fourth-order valence-corrected chi connectivity index (χ4v) is 3.97. The van der Waals surface area contributed by atoms with E-state index in [0.29, 0.717) is 25.1 Å². The Morgan fingerprint density at radius 3 is 2.52 bits per heavy atom. The van der Waals surface area contributed by atoms with Gasteiger partial charge < -0.3 is 15.5 Å². The summed E-state index contributed by atoms with van der Waals surface area (Å²) in [7, 11) is 1.75. The summed E-state index contributed by atoms with van der Waals surface area (Å²) in [5.74, 6) is 2.98. The van der Waals surface area contributed by atoms with E-state index in [1.807, 2.05) is 23.9 Å². The van der Waals surface area contributed by atoms with Crippen LogP contribution in [0.5, 0.6) is 0 Å². The van der Waals surface area contributed by atoms with Crippen molar-refractivity contribution >= 4 is 23.4 Å². The Bertz CT molecular complexity index is 742. The molecule has 0 unspecified atom stereocenters. The molecule has 144 valence electrons. The Kier molecular flexibility index (Phi) is 7.39. The number of guanidine groups is 1. The maximum Gasteiger partial charge on any atom is 0.191 e. The predicted molar refractivity (Wildman–Crippen MR) is 114 cm³/mol. The van der Waals surface area contributed by atoms with Crippen molar-refractivity contribution in [2.75, 3.05) is 43.1 Å². The third-order valence-electron chi connectivity index (χ3n) is 4.64. The standard InChI is InChI=1S/C21H27FN4S/c1-23-21(24-11-10-18-4-2-3-5-20(18)22)25-16-17-6-8-19(9-7-17)26-12-14-27-15-13-26/h2-9H,10-16H2,1H3,(H2,23,24,25). The Labute approximate surface area is 165 Å². The molecule has 0 amide bonds. The van der Waals surface area contributed by atoms with Crippen LogP contribution in [-0.4, -0.2) is 44.1 Å². The van der Waals surface area contributed by atoms with Crippen LogP contribution in [0.4, 0.5) is 10.1 Å². The Hall–Kier alpha value is -2.21. The summed E-state index contributed by atoms with van der Waals surface area (Å²) in [6.45, 7) is 3.59. The number of hydrogen-bond acceptors (Lipinski definition) is 3. The van der Waals surface area contributed by atoms with Crippen molar-refractivity contribution in [1.29, 1.82) is 0 Å². The van der Waals surface area contributed by atoms with Crippen molar-refractivity contribution < 1.29 is 4.39 Å². The molecule has 2 aromatic carbocycles. The lowest BCUT2D eigenvalue weighted by Crippen LogP contribution is -2.38. The van der Waals surface area contributed by atoms with Gasteiger partial charge in [-0.25, -0.2) is 4.39 Å². The van der Waals surface area contributed by atoms with Crippen LogP contribution in [0.2, 0.25) is 0 Å². The minimum atomic E-state index is -0.158. The third-order valence-corrected chi connectivity index (χ3v) is 5.58. The fraction of sp³-hybridized carbons (Fsp3) is 0.381. The van der Waals surface area contributed by atoms with E-state index >= 15 is 0 Å². The first-order chi connectivity index (χ1) is 13.3. The molecule has 0 aliphatic carbocycles. The summed E-state index contributed by atoms with van der Waals surface area (Å²) >= 11 is 2.02. The van der Waals surface area contributed by atoms with Crippen LogP contribution in [0.1, 0.15) is 11.1 Å². The van der Waals surface area contributed by atoms with Gasteiger partial charge in [-0.2, -0.15) is 11.8 Å². The molecule has 1 saturated heterocycles. The van der Waals surface area contributed by atoms with Gasteiger partial charge in [-0.15, -0.1) is 0 Å². The lowest BCUT2D eigenvalue weighted by atomic mass is 10.1. The van der Waals surface area contributed by atoms with Crippen LogP contribution >= 0.6 is 11.8 Å². The number of anilines is 1. The Balaban J connectivity index is 1.44. The summed E-state index contributed by atoms with van der Waals surface area (Å²) < 4.78 is 13.7. The highest BCUT2D eigenvalue weighted by molar-refractivity contribution is 7.99. The molecule has 0 aromatic heterocycles. The highest BCUT2D eigenvalue weighted by Gasteiger charge is 2.10. The maximum atomic E-state index is 13.7. The zero-order chi connectivity index (χ0) is 18.9. The topological polar surface area (TPSA) is 39.7 Å². The zero-order valence-corrected chi connectivity index (χ0v) is 16.6. The number of nitrogens with one attached hydrogen (secondary N) is 2. The van der Waals surface area contributed by atoms with Gasteiger partial charge in [0.25, 0.3) is 0 Å². The number of thioether (sulfide) groups is 1. The number of rotatable bonds is 6. The third kappa shape index (κ3) is 5.89. The van der Waals surface area contributed by atoms with Crippen LogP contribution in [0.15, 0.2) is 53.5 Å². The van der Waals surface area contributed by atoms with Gasteiger partial charge in [0.15, 0.2) is 5.96 Å². The van der Waals surface area contributed by atoms with Crippen molar-refractivity contribution in [3.05, 3.63) is 65.5 Å². The first kappa shape index (κ1) is 19.5. The van der Waals surface area contributed by atoms with E-state index in [9.17, 15) is 4.39 Å². The molecular weight excluding hydrogens is 359 g/mol. The first-order valence-electron chi connectivity index (χ1n) is 9.36. The Morgan fingerprint density at radius 2 is 1.81 bits per heavy atom. The predicted octanol–water partition coefficient (Wildman–Crippen LogP) is 3.29. The van der Waals surface area contributed by atoms with Crippen LogP contribution < -0.4 is 15.5 Å². The number of aliphatic imine (C=N–C) groups is 1.